The molecule has 0 spiro atoms. The van der Waals surface area contributed by atoms with E-state index in [0.717, 1.165) is 18.5 Å². The lowest BCUT2D eigenvalue weighted by atomic mass is 10.1. The summed E-state index contributed by atoms with van der Waals surface area (Å²) < 4.78 is 4.54. The fourth-order valence-electron chi connectivity index (χ4n) is 1.03. The molecule has 1 saturated heterocycles. The molecule has 1 atom stereocenters. The summed E-state index contributed by atoms with van der Waals surface area (Å²) in [6, 6.07) is -0.259. The van der Waals surface area contributed by atoms with Gasteiger partial charge in [0, 0.05) is 6.54 Å². The van der Waals surface area contributed by atoms with Crippen LogP contribution in [0.25, 0.3) is 0 Å². The van der Waals surface area contributed by atoms with E-state index in [2.05, 4.69) is 16.6 Å². The van der Waals surface area contributed by atoms with E-state index >= 15 is 0 Å². The summed E-state index contributed by atoms with van der Waals surface area (Å²) in [4.78, 5) is 10.9. The van der Waals surface area contributed by atoms with Crippen LogP contribution in [-0.2, 0) is 9.53 Å². The van der Waals surface area contributed by atoms with Crippen molar-refractivity contribution >= 4 is 5.97 Å². The molecule has 10 heavy (non-hydrogen) atoms. The first-order chi connectivity index (χ1) is 4.75. The van der Waals surface area contributed by atoms with Crippen LogP contribution in [0.15, 0.2) is 12.2 Å². The molecule has 1 rings (SSSR count). The highest BCUT2D eigenvalue weighted by molar-refractivity contribution is 5.79. The summed E-state index contributed by atoms with van der Waals surface area (Å²) in [5.41, 5.74) is 0.923. The van der Waals surface area contributed by atoms with Gasteiger partial charge in [-0.2, -0.15) is 0 Å². The van der Waals surface area contributed by atoms with Gasteiger partial charge in [-0.3, -0.25) is 4.79 Å². The van der Waals surface area contributed by atoms with Gasteiger partial charge in [0.1, 0.15) is 6.04 Å². The molecule has 3 nitrogen and oxygen atoms in total. The van der Waals surface area contributed by atoms with Gasteiger partial charge in [0.05, 0.1) is 7.11 Å². The number of hydrogen-bond donors (Lipinski definition) is 1. The van der Waals surface area contributed by atoms with Crippen molar-refractivity contribution < 1.29 is 9.53 Å². The molecule has 1 aliphatic heterocycles. The van der Waals surface area contributed by atoms with E-state index < -0.39 is 0 Å². The number of methoxy groups -OCH3 is 1. The second-order valence-corrected chi connectivity index (χ2v) is 2.32. The Morgan fingerprint density at radius 3 is 3.00 bits per heavy atom. The molecule has 3 heteroatoms. The molecule has 1 N–H and O–H groups in total. The Balaban J connectivity index is 2.55. The maximum Gasteiger partial charge on any atom is 0.327 e. The van der Waals surface area contributed by atoms with Gasteiger partial charge in [-0.25, -0.2) is 0 Å². The van der Waals surface area contributed by atoms with Crippen molar-refractivity contribution in [1.29, 1.82) is 0 Å². The Morgan fingerprint density at radius 1 is 1.90 bits per heavy atom. The summed E-state index contributed by atoms with van der Waals surface area (Å²) >= 11 is 0. The third-order valence-electron chi connectivity index (χ3n) is 1.64. The number of nitrogens with one attached hydrogen (secondary N) is 1. The molecular weight excluding hydrogens is 130 g/mol. The second-order valence-electron chi connectivity index (χ2n) is 2.32. The molecule has 0 aliphatic carbocycles. The number of carbonyl (C=O) groups excluding carboxylic acids is 1. The summed E-state index contributed by atoms with van der Waals surface area (Å²) in [6.45, 7) is 4.57. The summed E-state index contributed by atoms with van der Waals surface area (Å²) in [6.07, 6.45) is 0.875. The van der Waals surface area contributed by atoms with E-state index in [0.29, 0.717) is 0 Å². The third kappa shape index (κ3) is 1.19. The molecule has 0 aromatic heterocycles. The predicted molar refractivity (Wildman–Crippen MR) is 37.6 cm³/mol. The monoisotopic (exact) mass is 141 g/mol. The SMILES string of the molecule is C=C1CCN[C@@H]1C(=O)OC. The van der Waals surface area contributed by atoms with Crippen molar-refractivity contribution in [2.24, 2.45) is 0 Å². The zero-order chi connectivity index (χ0) is 7.56. The summed E-state index contributed by atoms with van der Waals surface area (Å²) in [7, 11) is 1.38. The first kappa shape index (κ1) is 7.28. The maximum absolute atomic E-state index is 10.9. The molecule has 1 aliphatic rings. The first-order valence-corrected chi connectivity index (χ1v) is 3.24. The molecule has 0 bridgehead atoms. The average Bonchev–Trinajstić information content (AvgIpc) is 2.34. The Labute approximate surface area is 60.1 Å². The van der Waals surface area contributed by atoms with Crippen LogP contribution >= 0.6 is 0 Å². The molecule has 0 amide bonds. The zero-order valence-electron chi connectivity index (χ0n) is 6.02. The topological polar surface area (TPSA) is 38.3 Å². The van der Waals surface area contributed by atoms with Gasteiger partial charge < -0.3 is 10.1 Å². The average molecular weight is 141 g/mol. The number of rotatable bonds is 1. The quantitative estimate of drug-likeness (QED) is 0.415. The van der Waals surface area contributed by atoms with E-state index in [9.17, 15) is 4.79 Å². The molecule has 0 unspecified atom stereocenters. The van der Waals surface area contributed by atoms with E-state index in [1.807, 2.05) is 0 Å². The van der Waals surface area contributed by atoms with Crippen molar-refractivity contribution in [1.82, 2.24) is 5.32 Å². The fraction of sp³-hybridized carbons (Fsp3) is 0.571. The molecular formula is C7H11NO2. The van der Waals surface area contributed by atoms with Gasteiger partial charge in [0.2, 0.25) is 0 Å². The van der Waals surface area contributed by atoms with Gasteiger partial charge in [-0.15, -0.1) is 0 Å². The van der Waals surface area contributed by atoms with Crippen LogP contribution in [-0.4, -0.2) is 25.7 Å². The van der Waals surface area contributed by atoms with Gasteiger partial charge in [-0.1, -0.05) is 6.58 Å². The standard InChI is InChI=1S/C7H11NO2/c1-5-3-4-8-6(5)7(9)10-2/h6,8H,1,3-4H2,2H3/t6-/m0/s1. The third-order valence-corrected chi connectivity index (χ3v) is 1.64. The zero-order valence-corrected chi connectivity index (χ0v) is 6.02. The predicted octanol–water partition coefficient (Wildman–Crippen LogP) is 0.0775. The Bertz CT molecular complexity index is 165. The molecule has 0 aromatic rings. The highest BCUT2D eigenvalue weighted by atomic mass is 16.5. The molecule has 0 aromatic carbocycles. The first-order valence-electron chi connectivity index (χ1n) is 3.24. The second kappa shape index (κ2) is 2.84. The molecule has 56 valence electrons. The lowest BCUT2D eigenvalue weighted by Crippen LogP contribution is -2.32. The van der Waals surface area contributed by atoms with E-state index in [1.54, 1.807) is 0 Å². The van der Waals surface area contributed by atoms with Crippen LogP contribution in [0.2, 0.25) is 0 Å². The molecule has 0 saturated carbocycles. The van der Waals surface area contributed by atoms with Crippen molar-refractivity contribution in [2.75, 3.05) is 13.7 Å². The van der Waals surface area contributed by atoms with Crippen LogP contribution in [0.3, 0.4) is 0 Å². The minimum Gasteiger partial charge on any atom is -0.468 e. The van der Waals surface area contributed by atoms with Crippen molar-refractivity contribution in [2.45, 2.75) is 12.5 Å². The lowest BCUT2D eigenvalue weighted by molar-refractivity contribution is -0.141. The van der Waals surface area contributed by atoms with Gasteiger partial charge >= 0.3 is 5.97 Å². The van der Waals surface area contributed by atoms with Gasteiger partial charge in [0.15, 0.2) is 0 Å². The molecule has 0 radical (unpaired) electrons. The minimum atomic E-state index is -0.259. The van der Waals surface area contributed by atoms with E-state index in [1.165, 1.54) is 7.11 Å². The van der Waals surface area contributed by atoms with Gasteiger partial charge in [-0.05, 0) is 12.0 Å². The molecule has 1 fully saturated rings. The van der Waals surface area contributed by atoms with Crippen molar-refractivity contribution in [3.05, 3.63) is 12.2 Å². The van der Waals surface area contributed by atoms with E-state index in [4.69, 9.17) is 0 Å². The van der Waals surface area contributed by atoms with Gasteiger partial charge in [0.25, 0.3) is 0 Å². The van der Waals surface area contributed by atoms with Crippen LogP contribution in [0.4, 0.5) is 0 Å². The number of ether oxygens (including phenoxy) is 1. The number of hydrogen-bond acceptors (Lipinski definition) is 3. The van der Waals surface area contributed by atoms with E-state index in [-0.39, 0.29) is 12.0 Å². The minimum absolute atomic E-state index is 0.234. The smallest absolute Gasteiger partial charge is 0.327 e. The largest absolute Gasteiger partial charge is 0.468 e. The summed E-state index contributed by atoms with van der Waals surface area (Å²) in [5.74, 6) is -0.234. The van der Waals surface area contributed by atoms with Crippen molar-refractivity contribution in [3.63, 3.8) is 0 Å². The number of carbonyl (C=O) groups is 1. The normalized spacial score (nSPS) is 24.9. The van der Waals surface area contributed by atoms with Crippen LogP contribution in [0.1, 0.15) is 6.42 Å². The lowest BCUT2D eigenvalue weighted by Gasteiger charge is -2.07. The summed E-state index contributed by atoms with van der Waals surface area (Å²) in [5, 5.41) is 2.98. The van der Waals surface area contributed by atoms with Crippen LogP contribution in [0, 0.1) is 0 Å². The maximum atomic E-state index is 10.9. The highest BCUT2D eigenvalue weighted by Gasteiger charge is 2.25. The van der Waals surface area contributed by atoms with Crippen LogP contribution < -0.4 is 5.32 Å². The molecule has 1 heterocycles. The Kier molecular flexibility index (Phi) is 2.06. The van der Waals surface area contributed by atoms with Crippen LogP contribution in [0.5, 0.6) is 0 Å². The Morgan fingerprint density at radius 2 is 2.60 bits per heavy atom. The highest BCUT2D eigenvalue weighted by Crippen LogP contribution is 2.12. The fourth-order valence-corrected chi connectivity index (χ4v) is 1.03. The van der Waals surface area contributed by atoms with Crippen molar-refractivity contribution in [3.8, 4) is 0 Å². The Hall–Kier alpha value is -0.830. The number of esters is 1.